The molecule has 0 unspecified atom stereocenters. The van der Waals surface area contributed by atoms with Crippen molar-refractivity contribution in [3.63, 3.8) is 0 Å². The van der Waals surface area contributed by atoms with Crippen LogP contribution >= 0.6 is 0 Å². The highest BCUT2D eigenvalue weighted by molar-refractivity contribution is 6.06. The van der Waals surface area contributed by atoms with Gasteiger partial charge in [0.15, 0.2) is 0 Å². The van der Waals surface area contributed by atoms with Crippen LogP contribution in [-0.4, -0.2) is 0 Å². The first kappa shape index (κ1) is 36.3. The molecule has 2 heterocycles. The largest absolute Gasteiger partial charge is 0.456 e. The second-order valence-electron chi connectivity index (χ2n) is 15.1. The van der Waals surface area contributed by atoms with Crippen LogP contribution in [0.3, 0.4) is 0 Å². The maximum absolute atomic E-state index is 6.53. The summed E-state index contributed by atoms with van der Waals surface area (Å²) in [5.41, 5.74) is 11.5. The summed E-state index contributed by atoms with van der Waals surface area (Å²) in [5, 5.41) is 5.59. The lowest BCUT2D eigenvalue weighted by Gasteiger charge is -2.23. The van der Waals surface area contributed by atoms with E-state index in [0.29, 0.717) is 0 Å². The smallest absolute Gasteiger partial charge is 0.135 e. The third kappa shape index (κ3) is 6.88. The van der Waals surface area contributed by atoms with Crippen LogP contribution in [0, 0.1) is 0 Å². The van der Waals surface area contributed by atoms with Gasteiger partial charge in [-0.05, 0) is 105 Å². The van der Waals surface area contributed by atoms with Crippen LogP contribution in [0.1, 0.15) is 30.7 Å². The summed E-state index contributed by atoms with van der Waals surface area (Å²) < 4.78 is 12.6. The Hall–Kier alpha value is -7.36. The van der Waals surface area contributed by atoms with Crippen LogP contribution in [0.5, 0.6) is 0 Å². The van der Waals surface area contributed by atoms with E-state index in [1.165, 1.54) is 22.1 Å². The number of anilines is 1. The number of allylic oxidation sites excluding steroid dienone is 11. The molecule has 58 heavy (non-hydrogen) atoms. The van der Waals surface area contributed by atoms with Gasteiger partial charge in [0.25, 0.3) is 0 Å². The van der Waals surface area contributed by atoms with E-state index in [2.05, 4.69) is 196 Å². The molecule has 6 aromatic carbocycles. The van der Waals surface area contributed by atoms with E-state index < -0.39 is 0 Å². The summed E-state index contributed by atoms with van der Waals surface area (Å²) in [6.45, 7) is 12.6. The van der Waals surface area contributed by atoms with E-state index in [0.717, 1.165) is 72.1 Å². The van der Waals surface area contributed by atoms with Crippen LogP contribution in [-0.2, 0) is 5.41 Å². The summed E-state index contributed by atoms with van der Waals surface area (Å²) in [4.78, 5) is 2.19. The highest BCUT2D eigenvalue weighted by Crippen LogP contribution is 2.42. The van der Waals surface area contributed by atoms with Gasteiger partial charge in [0, 0.05) is 44.7 Å². The number of nitrogens with zero attached hydrogens (tertiary/aromatic N) is 1. The second-order valence-corrected chi connectivity index (χ2v) is 15.1. The topological polar surface area (TPSA) is 29.5 Å². The minimum absolute atomic E-state index is 0.0806. The van der Waals surface area contributed by atoms with Crippen molar-refractivity contribution in [3.05, 3.63) is 236 Å². The molecule has 0 fully saturated rings. The highest BCUT2D eigenvalue weighted by atomic mass is 16.3. The van der Waals surface area contributed by atoms with Gasteiger partial charge in [0.1, 0.15) is 22.5 Å². The first-order valence-corrected chi connectivity index (χ1v) is 19.6. The number of benzene rings is 6. The maximum Gasteiger partial charge on any atom is 0.135 e. The van der Waals surface area contributed by atoms with Crippen LogP contribution in [0.2, 0.25) is 0 Å². The molecule has 0 radical (unpaired) electrons. The van der Waals surface area contributed by atoms with E-state index in [9.17, 15) is 0 Å². The Bertz CT molecular complexity index is 3010. The van der Waals surface area contributed by atoms with Crippen LogP contribution in [0.4, 0.5) is 5.69 Å². The molecule has 1 aliphatic carbocycles. The fraction of sp³-hybridized carbons (Fsp3) is 0.0545. The number of hydrogen-bond acceptors (Lipinski definition) is 3. The van der Waals surface area contributed by atoms with Gasteiger partial charge in [0.2, 0.25) is 0 Å². The molecule has 0 aliphatic heterocycles. The lowest BCUT2D eigenvalue weighted by molar-refractivity contribution is 0.601. The average molecular weight is 750 g/mol. The summed E-state index contributed by atoms with van der Waals surface area (Å²) in [6.07, 6.45) is 22.6. The molecular weight excluding hydrogens is 707 g/mol. The fourth-order valence-corrected chi connectivity index (χ4v) is 8.01. The molecule has 9 rings (SSSR count). The van der Waals surface area contributed by atoms with Gasteiger partial charge in [-0.15, -0.1) is 0 Å². The molecule has 8 aromatic rings. The Balaban J connectivity index is 1.11. The highest BCUT2D eigenvalue weighted by Gasteiger charge is 2.30. The molecule has 3 nitrogen and oxygen atoms in total. The van der Waals surface area contributed by atoms with Crippen molar-refractivity contribution in [2.24, 2.45) is 0 Å². The van der Waals surface area contributed by atoms with E-state index in [1.54, 1.807) is 12.2 Å². The Morgan fingerprint density at radius 1 is 0.621 bits per heavy atom. The number of para-hydroxylation sites is 1. The SMILES string of the molecule is C=C\C=C/C(=C/C(=C/C=C)c1cc2cc3ccccc3cc2o1)N(/C=C/C=C\C1=Cc2ccccc2C1(C)C)c1ccc(-c2ccc3oc4ccccc4c3c2)cc1. The van der Waals surface area contributed by atoms with Crippen LogP contribution in [0.15, 0.2) is 228 Å². The summed E-state index contributed by atoms with van der Waals surface area (Å²) in [6, 6.07) is 46.7. The number of hydrogen-bond donors (Lipinski definition) is 0. The van der Waals surface area contributed by atoms with E-state index >= 15 is 0 Å². The van der Waals surface area contributed by atoms with Gasteiger partial charge >= 0.3 is 0 Å². The maximum atomic E-state index is 6.53. The standard InChI is InChI=1S/C55H43NO2/c1-5-7-21-47(34-43(16-6-2)53-37-44-32-39-17-8-9-18-40(39)36-54(44)58-53)56(31-15-14-20-45-33-42-19-10-12-23-50(42)55(45,3)4)46-28-25-38(26-29-46)41-27-30-52-49(35-41)48-22-11-13-24-51(48)57-52/h5-37H,1-2H2,3-4H3/b20-14-,21-7-,31-15+,43-16-,47-34-. The molecule has 0 saturated carbocycles. The minimum atomic E-state index is -0.0806. The van der Waals surface area contributed by atoms with Gasteiger partial charge in [-0.1, -0.05) is 154 Å². The lowest BCUT2D eigenvalue weighted by Crippen LogP contribution is -2.16. The molecule has 280 valence electrons. The van der Waals surface area contributed by atoms with Gasteiger partial charge in [-0.25, -0.2) is 0 Å². The zero-order chi connectivity index (χ0) is 39.6. The Labute approximate surface area is 339 Å². The second kappa shape index (κ2) is 15.3. The first-order valence-electron chi connectivity index (χ1n) is 19.6. The third-order valence-electron chi connectivity index (χ3n) is 11.1. The van der Waals surface area contributed by atoms with E-state index in [4.69, 9.17) is 8.83 Å². The van der Waals surface area contributed by atoms with Gasteiger partial charge in [0.05, 0.1) is 0 Å². The Kier molecular flexibility index (Phi) is 9.57. The van der Waals surface area contributed by atoms with Crippen LogP contribution < -0.4 is 4.90 Å². The summed E-state index contributed by atoms with van der Waals surface area (Å²) in [5.74, 6) is 0.756. The average Bonchev–Trinajstić information content (AvgIpc) is 3.92. The molecule has 2 aromatic heterocycles. The third-order valence-corrected chi connectivity index (χ3v) is 11.1. The number of fused-ring (bicyclic) bond motifs is 6. The van der Waals surface area contributed by atoms with Crippen molar-refractivity contribution in [1.29, 1.82) is 0 Å². The molecule has 0 N–H and O–H groups in total. The Morgan fingerprint density at radius 2 is 1.36 bits per heavy atom. The summed E-state index contributed by atoms with van der Waals surface area (Å²) in [7, 11) is 0. The van der Waals surface area contributed by atoms with Crippen molar-refractivity contribution in [1.82, 2.24) is 0 Å². The van der Waals surface area contributed by atoms with Crippen LogP contribution in [0.25, 0.3) is 66.5 Å². The van der Waals surface area contributed by atoms with Gasteiger partial charge < -0.3 is 13.7 Å². The molecule has 0 spiro atoms. The predicted molar refractivity (Wildman–Crippen MR) is 247 cm³/mol. The lowest BCUT2D eigenvalue weighted by atomic mass is 9.81. The predicted octanol–water partition coefficient (Wildman–Crippen LogP) is 15.3. The van der Waals surface area contributed by atoms with Crippen molar-refractivity contribution in [2.75, 3.05) is 4.90 Å². The number of rotatable bonds is 11. The minimum Gasteiger partial charge on any atom is -0.456 e. The zero-order valence-corrected chi connectivity index (χ0v) is 32.7. The van der Waals surface area contributed by atoms with Crippen molar-refractivity contribution < 1.29 is 8.83 Å². The van der Waals surface area contributed by atoms with Crippen molar-refractivity contribution in [3.8, 4) is 11.1 Å². The van der Waals surface area contributed by atoms with Gasteiger partial charge in [-0.2, -0.15) is 0 Å². The molecule has 0 amide bonds. The zero-order valence-electron chi connectivity index (χ0n) is 32.7. The molecule has 1 aliphatic rings. The number of furan rings is 2. The molecular formula is C55H43NO2. The van der Waals surface area contributed by atoms with Crippen molar-refractivity contribution >= 4 is 61.0 Å². The first-order chi connectivity index (χ1) is 28.4. The van der Waals surface area contributed by atoms with E-state index in [1.807, 2.05) is 24.3 Å². The van der Waals surface area contributed by atoms with Crippen molar-refractivity contribution in [2.45, 2.75) is 19.3 Å². The van der Waals surface area contributed by atoms with E-state index in [-0.39, 0.29) is 5.41 Å². The van der Waals surface area contributed by atoms with Gasteiger partial charge in [-0.3, -0.25) is 0 Å². The molecule has 0 bridgehead atoms. The fourth-order valence-electron chi connectivity index (χ4n) is 8.01. The normalized spacial score (nSPS) is 14.4. The monoisotopic (exact) mass is 749 g/mol. The summed E-state index contributed by atoms with van der Waals surface area (Å²) >= 11 is 0. The molecule has 0 atom stereocenters. The molecule has 3 heteroatoms. The Morgan fingerprint density at radius 3 is 2.17 bits per heavy atom. The molecule has 0 saturated heterocycles. The quantitative estimate of drug-likeness (QED) is 0.123.